The zero-order chi connectivity index (χ0) is 11.4. The molecular formula is C12H13N3O. The van der Waals surface area contributed by atoms with Crippen LogP contribution in [0.5, 0.6) is 0 Å². The van der Waals surface area contributed by atoms with Gasteiger partial charge in [0.15, 0.2) is 0 Å². The molecule has 82 valence electrons. The van der Waals surface area contributed by atoms with Gasteiger partial charge in [-0.1, -0.05) is 19.1 Å². The van der Waals surface area contributed by atoms with Gasteiger partial charge in [0.05, 0.1) is 5.69 Å². The molecule has 4 nitrogen and oxygen atoms in total. The van der Waals surface area contributed by atoms with Crippen molar-refractivity contribution in [3.05, 3.63) is 36.5 Å². The van der Waals surface area contributed by atoms with Gasteiger partial charge < -0.3 is 5.32 Å². The number of H-pyrrole nitrogens is 1. The molecule has 1 aromatic heterocycles. The van der Waals surface area contributed by atoms with E-state index in [9.17, 15) is 4.79 Å². The van der Waals surface area contributed by atoms with E-state index in [1.165, 1.54) is 0 Å². The molecule has 0 unspecified atom stereocenters. The van der Waals surface area contributed by atoms with Crippen LogP contribution < -0.4 is 5.32 Å². The Morgan fingerprint density at radius 3 is 2.62 bits per heavy atom. The van der Waals surface area contributed by atoms with E-state index >= 15 is 0 Å². The van der Waals surface area contributed by atoms with Crippen molar-refractivity contribution in [2.75, 3.05) is 5.32 Å². The van der Waals surface area contributed by atoms with Crippen LogP contribution in [-0.4, -0.2) is 16.1 Å². The van der Waals surface area contributed by atoms with E-state index < -0.39 is 0 Å². The van der Waals surface area contributed by atoms with Crippen molar-refractivity contribution in [2.45, 2.75) is 13.3 Å². The molecule has 2 aromatic rings. The van der Waals surface area contributed by atoms with Crippen LogP contribution in [0.3, 0.4) is 0 Å². The second-order valence-electron chi connectivity index (χ2n) is 3.45. The highest BCUT2D eigenvalue weighted by Gasteiger charge is 2.00. The number of anilines is 1. The normalized spacial score (nSPS) is 10.1. The summed E-state index contributed by atoms with van der Waals surface area (Å²) in [6, 6.07) is 9.55. The van der Waals surface area contributed by atoms with E-state index in [0.717, 1.165) is 16.9 Å². The Kier molecular flexibility index (Phi) is 3.00. The lowest BCUT2D eigenvalue weighted by atomic mass is 10.1. The molecule has 2 N–H and O–H groups in total. The van der Waals surface area contributed by atoms with E-state index in [-0.39, 0.29) is 5.91 Å². The van der Waals surface area contributed by atoms with Gasteiger partial charge in [-0.05, 0) is 23.8 Å². The maximum Gasteiger partial charge on any atom is 0.224 e. The minimum atomic E-state index is 0.0225. The Hall–Kier alpha value is -2.10. The molecule has 0 fully saturated rings. The molecule has 0 bridgehead atoms. The van der Waals surface area contributed by atoms with Crippen LogP contribution in [0.1, 0.15) is 13.3 Å². The minimum absolute atomic E-state index is 0.0225. The summed E-state index contributed by atoms with van der Waals surface area (Å²) < 4.78 is 0. The minimum Gasteiger partial charge on any atom is -0.326 e. The Balaban J connectivity index is 2.14. The number of nitrogens with zero attached hydrogens (tertiary/aromatic N) is 1. The Morgan fingerprint density at radius 2 is 2.06 bits per heavy atom. The molecule has 4 heteroatoms. The average molecular weight is 215 g/mol. The van der Waals surface area contributed by atoms with E-state index in [2.05, 4.69) is 15.5 Å². The topological polar surface area (TPSA) is 57.8 Å². The van der Waals surface area contributed by atoms with Crippen LogP contribution in [0.15, 0.2) is 36.5 Å². The molecule has 1 aromatic carbocycles. The fourth-order valence-electron chi connectivity index (χ4n) is 1.40. The van der Waals surface area contributed by atoms with Crippen LogP contribution in [-0.2, 0) is 4.79 Å². The summed E-state index contributed by atoms with van der Waals surface area (Å²) in [5, 5.41) is 9.57. The van der Waals surface area contributed by atoms with E-state index in [1.807, 2.05) is 37.3 Å². The third kappa shape index (κ3) is 2.28. The van der Waals surface area contributed by atoms with Crippen molar-refractivity contribution in [1.82, 2.24) is 10.2 Å². The van der Waals surface area contributed by atoms with Crippen molar-refractivity contribution in [3.8, 4) is 11.3 Å². The summed E-state index contributed by atoms with van der Waals surface area (Å²) in [5.74, 6) is 0.0225. The van der Waals surface area contributed by atoms with Crippen LogP contribution in [0.4, 0.5) is 5.69 Å². The highest BCUT2D eigenvalue weighted by Crippen LogP contribution is 2.18. The first kappa shape index (κ1) is 10.4. The highest BCUT2D eigenvalue weighted by molar-refractivity contribution is 5.90. The van der Waals surface area contributed by atoms with Crippen molar-refractivity contribution in [1.29, 1.82) is 0 Å². The van der Waals surface area contributed by atoms with Gasteiger partial charge in [0.1, 0.15) is 0 Å². The Bertz CT molecular complexity index is 460. The smallest absolute Gasteiger partial charge is 0.224 e. The molecule has 0 atom stereocenters. The van der Waals surface area contributed by atoms with Gasteiger partial charge in [-0.3, -0.25) is 9.89 Å². The van der Waals surface area contributed by atoms with Gasteiger partial charge >= 0.3 is 0 Å². The summed E-state index contributed by atoms with van der Waals surface area (Å²) in [7, 11) is 0. The number of aromatic nitrogens is 2. The van der Waals surface area contributed by atoms with Gasteiger partial charge in [0, 0.05) is 18.3 Å². The van der Waals surface area contributed by atoms with E-state index in [1.54, 1.807) is 6.20 Å². The Labute approximate surface area is 93.7 Å². The second-order valence-corrected chi connectivity index (χ2v) is 3.45. The number of benzene rings is 1. The second kappa shape index (κ2) is 4.61. The monoisotopic (exact) mass is 215 g/mol. The fourth-order valence-corrected chi connectivity index (χ4v) is 1.40. The summed E-state index contributed by atoms with van der Waals surface area (Å²) >= 11 is 0. The number of carbonyl (C=O) groups is 1. The molecule has 2 rings (SSSR count). The largest absolute Gasteiger partial charge is 0.326 e. The number of carbonyl (C=O) groups excluding carboxylic acids is 1. The zero-order valence-corrected chi connectivity index (χ0v) is 9.03. The molecule has 0 radical (unpaired) electrons. The van der Waals surface area contributed by atoms with Crippen LogP contribution in [0, 0.1) is 0 Å². The van der Waals surface area contributed by atoms with Crippen LogP contribution in [0.2, 0.25) is 0 Å². The zero-order valence-electron chi connectivity index (χ0n) is 9.03. The molecular weight excluding hydrogens is 202 g/mol. The average Bonchev–Trinajstić information content (AvgIpc) is 2.83. The number of nitrogens with one attached hydrogen (secondary N) is 2. The molecule has 16 heavy (non-hydrogen) atoms. The van der Waals surface area contributed by atoms with Crippen molar-refractivity contribution in [3.63, 3.8) is 0 Å². The molecule has 0 aliphatic rings. The number of hydrogen-bond donors (Lipinski definition) is 2. The Morgan fingerprint density at radius 1 is 1.31 bits per heavy atom. The van der Waals surface area contributed by atoms with Gasteiger partial charge in [-0.25, -0.2) is 0 Å². The van der Waals surface area contributed by atoms with Crippen LogP contribution in [0.25, 0.3) is 11.3 Å². The van der Waals surface area contributed by atoms with Crippen molar-refractivity contribution in [2.24, 2.45) is 0 Å². The predicted molar refractivity (Wildman–Crippen MR) is 62.9 cm³/mol. The van der Waals surface area contributed by atoms with Gasteiger partial charge in [-0.2, -0.15) is 5.10 Å². The standard InChI is InChI=1S/C12H13N3O/c1-2-12(16)14-10-5-3-9(4-6-10)11-7-8-13-15-11/h3-8H,2H2,1H3,(H,13,15)(H,14,16). The summed E-state index contributed by atoms with van der Waals surface area (Å²) in [5.41, 5.74) is 2.83. The van der Waals surface area contributed by atoms with Crippen LogP contribution >= 0.6 is 0 Å². The lowest BCUT2D eigenvalue weighted by Crippen LogP contribution is -2.08. The van der Waals surface area contributed by atoms with Gasteiger partial charge in [-0.15, -0.1) is 0 Å². The summed E-state index contributed by atoms with van der Waals surface area (Å²) in [4.78, 5) is 11.2. The maximum atomic E-state index is 11.2. The van der Waals surface area contributed by atoms with Crippen molar-refractivity contribution < 1.29 is 4.79 Å². The first-order valence-corrected chi connectivity index (χ1v) is 5.19. The third-order valence-electron chi connectivity index (χ3n) is 2.30. The molecule has 0 spiro atoms. The molecule has 0 aliphatic heterocycles. The van der Waals surface area contributed by atoms with E-state index in [0.29, 0.717) is 6.42 Å². The summed E-state index contributed by atoms with van der Waals surface area (Å²) in [6.07, 6.45) is 2.20. The first-order valence-electron chi connectivity index (χ1n) is 5.19. The number of hydrogen-bond acceptors (Lipinski definition) is 2. The third-order valence-corrected chi connectivity index (χ3v) is 2.30. The molecule has 0 saturated carbocycles. The predicted octanol–water partition coefficient (Wildman–Crippen LogP) is 2.43. The molecule has 1 amide bonds. The number of aromatic amines is 1. The van der Waals surface area contributed by atoms with Gasteiger partial charge in [0.2, 0.25) is 5.91 Å². The lowest BCUT2D eigenvalue weighted by Gasteiger charge is -2.04. The molecule has 1 heterocycles. The SMILES string of the molecule is CCC(=O)Nc1ccc(-c2ccn[nH]2)cc1. The fraction of sp³-hybridized carbons (Fsp3) is 0.167. The quantitative estimate of drug-likeness (QED) is 0.826. The highest BCUT2D eigenvalue weighted by atomic mass is 16.1. The van der Waals surface area contributed by atoms with Crippen molar-refractivity contribution >= 4 is 11.6 Å². The molecule has 0 saturated heterocycles. The van der Waals surface area contributed by atoms with E-state index in [4.69, 9.17) is 0 Å². The lowest BCUT2D eigenvalue weighted by molar-refractivity contribution is -0.115. The first-order chi connectivity index (χ1) is 7.79. The number of amides is 1. The number of rotatable bonds is 3. The molecule has 0 aliphatic carbocycles. The van der Waals surface area contributed by atoms with Gasteiger partial charge in [0.25, 0.3) is 0 Å². The maximum absolute atomic E-state index is 11.2. The summed E-state index contributed by atoms with van der Waals surface area (Å²) in [6.45, 7) is 1.83.